The van der Waals surface area contributed by atoms with E-state index >= 15 is 0 Å². The van der Waals surface area contributed by atoms with Gasteiger partial charge in [0.15, 0.2) is 0 Å². The molecule has 0 amide bonds. The zero-order valence-electron chi connectivity index (χ0n) is 8.32. The fourth-order valence-electron chi connectivity index (χ4n) is 0.794. The Morgan fingerprint density at radius 2 is 1.60 bits per heavy atom. The van der Waals surface area contributed by atoms with Crippen LogP contribution < -0.4 is 0 Å². The maximum absolute atomic E-state index is 5.88. The zero-order valence-corrected chi connectivity index (χ0v) is 8.49. The Morgan fingerprint density at radius 3 is 1.90 bits per heavy atom. The Balaban J connectivity index is -0.000000270. The van der Waals surface area contributed by atoms with Gasteiger partial charge in [0.2, 0.25) is 0 Å². The number of halogens is 1. The monoisotopic (exact) mass is 166 g/mol. The fourth-order valence-corrected chi connectivity index (χ4v) is 0.920. The van der Waals surface area contributed by atoms with Gasteiger partial charge in [-0.1, -0.05) is 29.8 Å². The predicted octanol–water partition coefficient (Wildman–Crippen LogP) is 2.80. The zero-order chi connectivity index (χ0) is 6.85. The summed E-state index contributed by atoms with van der Waals surface area (Å²) < 4.78 is 0. The van der Waals surface area contributed by atoms with Crippen LogP contribution in [0.2, 0.25) is 5.02 Å². The third kappa shape index (κ3) is 2.15. The summed E-state index contributed by atoms with van der Waals surface area (Å²) in [6, 6.07) is 6.03. The van der Waals surface area contributed by atoms with Crippen LogP contribution in [0.3, 0.4) is 0 Å². The molecule has 0 spiro atoms. The average molecular weight is 167 g/mol. The number of rotatable bonds is 0. The first-order valence-corrected chi connectivity index (χ1v) is 3.31. The van der Waals surface area contributed by atoms with E-state index < -0.39 is 0 Å². The molecule has 10 heavy (non-hydrogen) atoms. The number of hydrogen-bond acceptors (Lipinski definition) is 0. The molecule has 0 fully saturated rings. The Morgan fingerprint density at radius 1 is 1.20 bits per heavy atom. The molecule has 0 heterocycles. The Kier molecular flexibility index (Phi) is 4.33. The summed E-state index contributed by atoms with van der Waals surface area (Å²) >= 11 is 5.88. The SMILES string of the molecule is Cc1cccc(C)c1Cl.[H-].[H-].[Mg+2]. The van der Waals surface area contributed by atoms with E-state index in [2.05, 4.69) is 0 Å². The summed E-state index contributed by atoms with van der Waals surface area (Å²) in [5.41, 5.74) is 2.30. The minimum atomic E-state index is 0. The average Bonchev–Trinajstić information content (AvgIpc) is 1.83. The van der Waals surface area contributed by atoms with Gasteiger partial charge in [-0.15, -0.1) is 0 Å². The molecule has 1 aromatic rings. The first-order chi connectivity index (χ1) is 4.22. The van der Waals surface area contributed by atoms with E-state index in [-0.39, 0.29) is 25.9 Å². The van der Waals surface area contributed by atoms with E-state index in [4.69, 9.17) is 11.6 Å². The summed E-state index contributed by atoms with van der Waals surface area (Å²) in [5.74, 6) is 0. The quantitative estimate of drug-likeness (QED) is 0.521. The molecular formula is C8H11ClMg. The summed E-state index contributed by atoms with van der Waals surface area (Å²) in [4.78, 5) is 0. The van der Waals surface area contributed by atoms with Crippen molar-refractivity contribution >= 4 is 34.7 Å². The second-order valence-corrected chi connectivity index (χ2v) is 2.58. The molecule has 0 radical (unpaired) electrons. The van der Waals surface area contributed by atoms with Crippen LogP contribution in [-0.4, -0.2) is 23.1 Å². The smallest absolute Gasteiger partial charge is 1.00 e. The van der Waals surface area contributed by atoms with Crippen LogP contribution in [0.5, 0.6) is 0 Å². The van der Waals surface area contributed by atoms with Crippen molar-refractivity contribution in [3.63, 3.8) is 0 Å². The van der Waals surface area contributed by atoms with E-state index in [1.807, 2.05) is 32.0 Å². The van der Waals surface area contributed by atoms with Crippen molar-refractivity contribution in [1.82, 2.24) is 0 Å². The second-order valence-electron chi connectivity index (χ2n) is 2.21. The van der Waals surface area contributed by atoms with Gasteiger partial charge < -0.3 is 2.85 Å². The second kappa shape index (κ2) is 4.22. The van der Waals surface area contributed by atoms with Gasteiger partial charge >= 0.3 is 23.1 Å². The van der Waals surface area contributed by atoms with Crippen molar-refractivity contribution in [1.29, 1.82) is 0 Å². The van der Waals surface area contributed by atoms with E-state index in [1.54, 1.807) is 0 Å². The standard InChI is InChI=1S/C8H9Cl.Mg.2H/c1-6-4-3-5-7(2)8(6)9;;;/h3-5H,1-2H3;;;/q;+2;2*-1. The Labute approximate surface area is 85.7 Å². The first kappa shape index (κ1) is 10.3. The van der Waals surface area contributed by atoms with Crippen LogP contribution in [0.15, 0.2) is 18.2 Å². The van der Waals surface area contributed by atoms with E-state index in [0.29, 0.717) is 0 Å². The summed E-state index contributed by atoms with van der Waals surface area (Å²) in [5, 5.41) is 0.887. The summed E-state index contributed by atoms with van der Waals surface area (Å²) in [6.45, 7) is 4.02. The minimum Gasteiger partial charge on any atom is -1.00 e. The van der Waals surface area contributed by atoms with E-state index in [9.17, 15) is 0 Å². The van der Waals surface area contributed by atoms with Gasteiger partial charge in [0.05, 0.1) is 0 Å². The molecule has 0 aliphatic heterocycles. The maximum Gasteiger partial charge on any atom is 2.00 e. The van der Waals surface area contributed by atoms with E-state index in [1.165, 1.54) is 0 Å². The molecule has 0 aliphatic rings. The van der Waals surface area contributed by atoms with Crippen LogP contribution in [0.1, 0.15) is 14.0 Å². The molecule has 0 nitrogen and oxygen atoms in total. The van der Waals surface area contributed by atoms with Crippen molar-refractivity contribution in [2.24, 2.45) is 0 Å². The molecule has 2 heteroatoms. The van der Waals surface area contributed by atoms with Gasteiger partial charge in [0, 0.05) is 5.02 Å². The molecular weight excluding hydrogens is 156 g/mol. The molecule has 0 aliphatic carbocycles. The third-order valence-corrected chi connectivity index (χ3v) is 1.98. The molecule has 0 saturated heterocycles. The van der Waals surface area contributed by atoms with Crippen molar-refractivity contribution < 1.29 is 2.85 Å². The van der Waals surface area contributed by atoms with Crippen LogP contribution in [0, 0.1) is 13.8 Å². The molecule has 0 unspecified atom stereocenters. The maximum atomic E-state index is 5.88. The van der Waals surface area contributed by atoms with Gasteiger partial charge in [-0.05, 0) is 25.0 Å². The van der Waals surface area contributed by atoms with Crippen LogP contribution >= 0.6 is 11.6 Å². The number of aryl methyl sites for hydroxylation is 2. The number of hydrogen-bond donors (Lipinski definition) is 0. The molecule has 52 valence electrons. The van der Waals surface area contributed by atoms with Crippen molar-refractivity contribution in [3.8, 4) is 0 Å². The van der Waals surface area contributed by atoms with Gasteiger partial charge in [0.25, 0.3) is 0 Å². The normalized spacial score (nSPS) is 8.70. The van der Waals surface area contributed by atoms with E-state index in [0.717, 1.165) is 16.1 Å². The van der Waals surface area contributed by atoms with Crippen LogP contribution in [0.25, 0.3) is 0 Å². The van der Waals surface area contributed by atoms with Crippen molar-refractivity contribution in [2.45, 2.75) is 13.8 Å². The molecule has 1 rings (SSSR count). The van der Waals surface area contributed by atoms with Crippen molar-refractivity contribution in [3.05, 3.63) is 34.3 Å². The predicted molar refractivity (Wildman–Crippen MR) is 48.9 cm³/mol. The molecule has 0 N–H and O–H groups in total. The topological polar surface area (TPSA) is 0 Å². The van der Waals surface area contributed by atoms with Crippen LogP contribution in [-0.2, 0) is 0 Å². The van der Waals surface area contributed by atoms with Crippen LogP contribution in [0.4, 0.5) is 0 Å². The van der Waals surface area contributed by atoms with Gasteiger partial charge in [-0.25, -0.2) is 0 Å². The number of benzene rings is 1. The molecule has 0 bridgehead atoms. The molecule has 1 aromatic carbocycles. The Bertz CT molecular complexity index is 208. The summed E-state index contributed by atoms with van der Waals surface area (Å²) in [6.07, 6.45) is 0. The summed E-state index contributed by atoms with van der Waals surface area (Å²) in [7, 11) is 0. The minimum absolute atomic E-state index is 0. The van der Waals surface area contributed by atoms with Gasteiger partial charge in [-0.3, -0.25) is 0 Å². The Hall–Kier alpha value is 0.276. The molecule has 0 saturated carbocycles. The first-order valence-electron chi connectivity index (χ1n) is 2.93. The van der Waals surface area contributed by atoms with Gasteiger partial charge in [0.1, 0.15) is 0 Å². The van der Waals surface area contributed by atoms with Gasteiger partial charge in [-0.2, -0.15) is 0 Å². The third-order valence-electron chi connectivity index (χ3n) is 1.38. The molecule has 0 aromatic heterocycles. The fraction of sp³-hybridized carbons (Fsp3) is 0.250. The molecule has 0 atom stereocenters. The van der Waals surface area contributed by atoms with Crippen molar-refractivity contribution in [2.75, 3.05) is 0 Å². The largest absolute Gasteiger partial charge is 2.00 e.